The first-order valence-corrected chi connectivity index (χ1v) is 6.30. The van der Waals surface area contributed by atoms with Crippen molar-refractivity contribution in [1.29, 1.82) is 0 Å². The maximum Gasteiger partial charge on any atom is 0.126 e. The molecule has 2 heteroatoms. The van der Waals surface area contributed by atoms with E-state index in [1.165, 1.54) is 25.7 Å². The van der Waals surface area contributed by atoms with Gasteiger partial charge in [-0.15, -0.1) is 0 Å². The molecule has 1 aromatic heterocycles. The van der Waals surface area contributed by atoms with Crippen molar-refractivity contribution in [3.8, 4) is 0 Å². The van der Waals surface area contributed by atoms with E-state index in [4.69, 9.17) is 4.98 Å². The van der Waals surface area contributed by atoms with E-state index in [2.05, 4.69) is 44.3 Å². The van der Waals surface area contributed by atoms with E-state index in [0.717, 1.165) is 11.5 Å². The molecule has 1 aliphatic carbocycles. The van der Waals surface area contributed by atoms with Gasteiger partial charge in [-0.05, 0) is 25.0 Å². The van der Waals surface area contributed by atoms with Crippen molar-refractivity contribution in [2.75, 3.05) is 5.32 Å². The Balaban J connectivity index is 2.09. The third-order valence-corrected chi connectivity index (χ3v) is 3.22. The second-order valence-corrected chi connectivity index (χ2v) is 5.78. The minimum absolute atomic E-state index is 0.132. The van der Waals surface area contributed by atoms with Gasteiger partial charge in [0.25, 0.3) is 0 Å². The summed E-state index contributed by atoms with van der Waals surface area (Å²) in [5.74, 6) is 1.04. The van der Waals surface area contributed by atoms with Gasteiger partial charge >= 0.3 is 0 Å². The number of aromatic nitrogens is 1. The normalized spacial score (nSPS) is 17.7. The average Bonchev–Trinajstić information content (AvgIpc) is 2.70. The van der Waals surface area contributed by atoms with Crippen molar-refractivity contribution < 1.29 is 0 Å². The summed E-state index contributed by atoms with van der Waals surface area (Å²) in [5.41, 5.74) is 1.29. The molecular weight excluding hydrogens is 196 g/mol. The minimum Gasteiger partial charge on any atom is -0.367 e. The zero-order valence-corrected chi connectivity index (χ0v) is 10.6. The first-order valence-electron chi connectivity index (χ1n) is 6.30. The Morgan fingerprint density at radius 3 is 2.50 bits per heavy atom. The molecule has 0 aliphatic heterocycles. The highest BCUT2D eigenvalue weighted by Gasteiger charge is 2.18. The Morgan fingerprint density at radius 1 is 1.19 bits per heavy atom. The molecule has 0 saturated heterocycles. The highest BCUT2D eigenvalue weighted by molar-refractivity contribution is 5.38. The van der Waals surface area contributed by atoms with E-state index in [0.29, 0.717) is 6.04 Å². The molecule has 0 bridgehead atoms. The van der Waals surface area contributed by atoms with Crippen LogP contribution in [0.15, 0.2) is 18.2 Å². The molecule has 1 heterocycles. The van der Waals surface area contributed by atoms with Crippen LogP contribution in [0.1, 0.15) is 52.1 Å². The molecule has 1 saturated carbocycles. The fourth-order valence-corrected chi connectivity index (χ4v) is 2.21. The van der Waals surface area contributed by atoms with E-state index in [9.17, 15) is 0 Å². The molecule has 0 atom stereocenters. The van der Waals surface area contributed by atoms with E-state index >= 15 is 0 Å². The molecular formula is C14H22N2. The lowest BCUT2D eigenvalue weighted by molar-refractivity contribution is 0.569. The first-order chi connectivity index (χ1) is 7.55. The predicted octanol–water partition coefficient (Wildman–Crippen LogP) is 3.73. The van der Waals surface area contributed by atoms with Gasteiger partial charge in [-0.25, -0.2) is 4.98 Å². The Kier molecular flexibility index (Phi) is 3.17. The van der Waals surface area contributed by atoms with Gasteiger partial charge in [0.05, 0.1) is 0 Å². The standard InChI is InChI=1S/C14H22N2/c1-14(2,3)12-9-6-10-13(16-12)15-11-7-4-5-8-11/h6,9-11H,4-5,7-8H2,1-3H3,(H,15,16). The van der Waals surface area contributed by atoms with Gasteiger partial charge in [0.2, 0.25) is 0 Å². The summed E-state index contributed by atoms with van der Waals surface area (Å²) in [6.45, 7) is 6.61. The van der Waals surface area contributed by atoms with Crippen molar-refractivity contribution in [3.63, 3.8) is 0 Å². The van der Waals surface area contributed by atoms with Crippen LogP contribution in [0.4, 0.5) is 5.82 Å². The lowest BCUT2D eigenvalue weighted by atomic mass is 9.92. The molecule has 2 rings (SSSR count). The summed E-state index contributed by atoms with van der Waals surface area (Å²) in [6, 6.07) is 6.93. The maximum atomic E-state index is 4.70. The molecule has 16 heavy (non-hydrogen) atoms. The van der Waals surface area contributed by atoms with E-state index in [1.807, 2.05) is 0 Å². The van der Waals surface area contributed by atoms with Crippen LogP contribution in [0.25, 0.3) is 0 Å². The van der Waals surface area contributed by atoms with Crippen LogP contribution in [0, 0.1) is 0 Å². The number of nitrogens with one attached hydrogen (secondary N) is 1. The fourth-order valence-electron chi connectivity index (χ4n) is 2.21. The SMILES string of the molecule is CC(C)(C)c1cccc(NC2CCCC2)n1. The summed E-state index contributed by atoms with van der Waals surface area (Å²) in [5, 5.41) is 3.54. The monoisotopic (exact) mass is 218 g/mol. The van der Waals surface area contributed by atoms with Gasteiger partial charge in [0, 0.05) is 17.2 Å². The quantitative estimate of drug-likeness (QED) is 0.818. The van der Waals surface area contributed by atoms with Gasteiger partial charge in [-0.2, -0.15) is 0 Å². The zero-order valence-electron chi connectivity index (χ0n) is 10.6. The van der Waals surface area contributed by atoms with E-state index < -0.39 is 0 Å². The first kappa shape index (κ1) is 11.4. The van der Waals surface area contributed by atoms with Crippen molar-refractivity contribution in [1.82, 2.24) is 4.98 Å². The molecule has 1 aromatic rings. The van der Waals surface area contributed by atoms with Gasteiger partial charge in [0.15, 0.2) is 0 Å². The highest BCUT2D eigenvalue weighted by atomic mass is 15.0. The predicted molar refractivity (Wildman–Crippen MR) is 68.8 cm³/mol. The van der Waals surface area contributed by atoms with E-state index in [1.54, 1.807) is 0 Å². The molecule has 1 aliphatic rings. The number of rotatable bonds is 2. The smallest absolute Gasteiger partial charge is 0.126 e. The van der Waals surface area contributed by atoms with Crippen molar-refractivity contribution in [3.05, 3.63) is 23.9 Å². The van der Waals surface area contributed by atoms with Crippen LogP contribution in [0.5, 0.6) is 0 Å². The number of pyridine rings is 1. The molecule has 1 N–H and O–H groups in total. The van der Waals surface area contributed by atoms with Crippen molar-refractivity contribution in [2.24, 2.45) is 0 Å². The molecule has 0 aromatic carbocycles. The molecule has 0 spiro atoms. The molecule has 0 unspecified atom stereocenters. The third-order valence-electron chi connectivity index (χ3n) is 3.22. The Morgan fingerprint density at radius 2 is 1.88 bits per heavy atom. The summed E-state index contributed by atoms with van der Waals surface area (Å²) in [7, 11) is 0. The molecule has 88 valence electrons. The summed E-state index contributed by atoms with van der Waals surface area (Å²) in [4.78, 5) is 4.70. The lowest BCUT2D eigenvalue weighted by Gasteiger charge is -2.20. The van der Waals surface area contributed by atoms with Crippen LogP contribution in [0.2, 0.25) is 0 Å². The van der Waals surface area contributed by atoms with Crippen LogP contribution >= 0.6 is 0 Å². The van der Waals surface area contributed by atoms with Crippen molar-refractivity contribution >= 4 is 5.82 Å². The highest BCUT2D eigenvalue weighted by Crippen LogP contribution is 2.24. The third kappa shape index (κ3) is 2.75. The van der Waals surface area contributed by atoms with E-state index in [-0.39, 0.29) is 5.41 Å². The Labute approximate surface area is 98.5 Å². The number of nitrogens with zero attached hydrogens (tertiary/aromatic N) is 1. The second-order valence-electron chi connectivity index (χ2n) is 5.78. The topological polar surface area (TPSA) is 24.9 Å². The van der Waals surface area contributed by atoms with Crippen LogP contribution in [-0.2, 0) is 5.41 Å². The van der Waals surface area contributed by atoms with Crippen molar-refractivity contribution in [2.45, 2.75) is 57.9 Å². The summed E-state index contributed by atoms with van der Waals surface area (Å²) < 4.78 is 0. The van der Waals surface area contributed by atoms with Crippen LogP contribution < -0.4 is 5.32 Å². The van der Waals surface area contributed by atoms with Gasteiger partial charge in [0.1, 0.15) is 5.82 Å². The number of anilines is 1. The molecule has 1 fully saturated rings. The fraction of sp³-hybridized carbons (Fsp3) is 0.643. The minimum atomic E-state index is 0.132. The largest absolute Gasteiger partial charge is 0.367 e. The number of hydrogen-bond acceptors (Lipinski definition) is 2. The Bertz CT molecular complexity index is 346. The van der Waals surface area contributed by atoms with Gasteiger partial charge in [-0.1, -0.05) is 39.7 Å². The maximum absolute atomic E-state index is 4.70. The number of hydrogen-bond donors (Lipinski definition) is 1. The zero-order chi connectivity index (χ0) is 11.6. The van der Waals surface area contributed by atoms with Gasteiger partial charge < -0.3 is 5.32 Å². The van der Waals surface area contributed by atoms with Gasteiger partial charge in [-0.3, -0.25) is 0 Å². The van der Waals surface area contributed by atoms with Crippen LogP contribution in [-0.4, -0.2) is 11.0 Å². The summed E-state index contributed by atoms with van der Waals surface area (Å²) in [6.07, 6.45) is 5.30. The lowest BCUT2D eigenvalue weighted by Crippen LogP contribution is -2.18. The average molecular weight is 218 g/mol. The molecule has 2 nitrogen and oxygen atoms in total. The Hall–Kier alpha value is -1.05. The van der Waals surface area contributed by atoms with Crippen LogP contribution in [0.3, 0.4) is 0 Å². The molecule has 0 radical (unpaired) electrons. The second kappa shape index (κ2) is 4.44. The molecule has 0 amide bonds. The summed E-state index contributed by atoms with van der Waals surface area (Å²) >= 11 is 0.